The van der Waals surface area contributed by atoms with Gasteiger partial charge in [0.2, 0.25) is 0 Å². The van der Waals surface area contributed by atoms with Crippen LogP contribution in [0.1, 0.15) is 15.9 Å². The number of aryl methyl sites for hydroxylation is 1. The molecule has 0 aliphatic carbocycles. The molecule has 18 heavy (non-hydrogen) atoms. The minimum atomic E-state index is -0.115. The lowest BCUT2D eigenvalue weighted by molar-refractivity contribution is 0.0964. The lowest BCUT2D eigenvalue weighted by Crippen LogP contribution is -2.18. The van der Waals surface area contributed by atoms with E-state index in [0.29, 0.717) is 5.56 Å². The van der Waals surface area contributed by atoms with Crippen molar-refractivity contribution in [3.05, 3.63) is 41.7 Å². The summed E-state index contributed by atoms with van der Waals surface area (Å²) in [5, 5.41) is 4.64. The summed E-state index contributed by atoms with van der Waals surface area (Å²) in [7, 11) is 1.63. The van der Waals surface area contributed by atoms with Crippen LogP contribution in [0.2, 0.25) is 0 Å². The number of carbonyl (C=O) groups excluding carboxylic acids is 1. The van der Waals surface area contributed by atoms with E-state index in [-0.39, 0.29) is 5.91 Å². The lowest BCUT2D eigenvalue weighted by atomic mass is 10.1. The van der Waals surface area contributed by atoms with Crippen LogP contribution in [0, 0.1) is 6.92 Å². The number of nitrogens with zero attached hydrogens (tertiary/aromatic N) is 1. The van der Waals surface area contributed by atoms with Crippen LogP contribution in [0.3, 0.4) is 0 Å². The molecule has 3 rings (SSSR count). The Labute approximate surface area is 104 Å². The second kappa shape index (κ2) is 3.84. The van der Waals surface area contributed by atoms with Gasteiger partial charge in [-0.05, 0) is 12.5 Å². The Kier molecular flexibility index (Phi) is 2.30. The quantitative estimate of drug-likeness (QED) is 0.685. The number of rotatable bonds is 1. The molecule has 0 fully saturated rings. The largest absolute Gasteiger partial charge is 0.355 e. The molecule has 2 heterocycles. The minimum Gasteiger partial charge on any atom is -0.355 e. The standard InChI is InChI=1S/C14H13N3O/c1-8-4-3-5-9-12-10(14(18)15-2)6-16-7-11(12)17-13(8)9/h3-7,17H,1-2H3,(H,15,18). The summed E-state index contributed by atoms with van der Waals surface area (Å²) in [4.78, 5) is 19.3. The van der Waals surface area contributed by atoms with Gasteiger partial charge in [-0.2, -0.15) is 0 Å². The lowest BCUT2D eigenvalue weighted by Gasteiger charge is -2.01. The van der Waals surface area contributed by atoms with Crippen LogP contribution in [0.25, 0.3) is 21.8 Å². The maximum absolute atomic E-state index is 11.9. The van der Waals surface area contributed by atoms with Crippen molar-refractivity contribution in [3.8, 4) is 0 Å². The molecule has 3 aromatic rings. The summed E-state index contributed by atoms with van der Waals surface area (Å²) < 4.78 is 0. The number of fused-ring (bicyclic) bond motifs is 3. The van der Waals surface area contributed by atoms with Crippen LogP contribution < -0.4 is 5.32 Å². The van der Waals surface area contributed by atoms with E-state index < -0.39 is 0 Å². The fourth-order valence-corrected chi connectivity index (χ4v) is 2.33. The van der Waals surface area contributed by atoms with E-state index >= 15 is 0 Å². The number of nitrogens with one attached hydrogen (secondary N) is 2. The van der Waals surface area contributed by atoms with Crippen molar-refractivity contribution in [2.24, 2.45) is 0 Å². The Morgan fingerprint density at radius 2 is 2.17 bits per heavy atom. The summed E-state index contributed by atoms with van der Waals surface area (Å²) in [6, 6.07) is 6.07. The topological polar surface area (TPSA) is 57.8 Å². The Morgan fingerprint density at radius 1 is 1.33 bits per heavy atom. The van der Waals surface area contributed by atoms with Gasteiger partial charge in [0.15, 0.2) is 0 Å². The first kappa shape index (κ1) is 10.8. The molecule has 2 aromatic heterocycles. The van der Waals surface area contributed by atoms with Gasteiger partial charge in [-0.25, -0.2) is 0 Å². The van der Waals surface area contributed by atoms with Crippen molar-refractivity contribution in [2.75, 3.05) is 7.05 Å². The Hall–Kier alpha value is -2.36. The van der Waals surface area contributed by atoms with Crippen LogP contribution in [-0.4, -0.2) is 22.9 Å². The van der Waals surface area contributed by atoms with Crippen LogP contribution in [-0.2, 0) is 0 Å². The number of para-hydroxylation sites is 1. The van der Waals surface area contributed by atoms with E-state index in [2.05, 4.69) is 15.3 Å². The highest BCUT2D eigenvalue weighted by atomic mass is 16.1. The van der Waals surface area contributed by atoms with E-state index in [1.807, 2.05) is 25.1 Å². The van der Waals surface area contributed by atoms with Gasteiger partial charge >= 0.3 is 0 Å². The van der Waals surface area contributed by atoms with Gasteiger partial charge < -0.3 is 10.3 Å². The molecule has 1 aromatic carbocycles. The first-order chi connectivity index (χ1) is 8.72. The maximum atomic E-state index is 11.9. The Balaban J connectivity index is 2.49. The third-order valence-corrected chi connectivity index (χ3v) is 3.22. The van der Waals surface area contributed by atoms with Crippen molar-refractivity contribution >= 4 is 27.7 Å². The molecule has 0 radical (unpaired) electrons. The monoisotopic (exact) mass is 239 g/mol. The number of hydrogen-bond donors (Lipinski definition) is 2. The summed E-state index contributed by atoms with van der Waals surface area (Å²) in [6.07, 6.45) is 3.36. The van der Waals surface area contributed by atoms with Crippen molar-refractivity contribution < 1.29 is 4.79 Å². The van der Waals surface area contributed by atoms with Crippen molar-refractivity contribution in [3.63, 3.8) is 0 Å². The zero-order valence-corrected chi connectivity index (χ0v) is 10.2. The SMILES string of the molecule is CNC(=O)c1cncc2[nH]c3c(C)cccc3c12. The van der Waals surface area contributed by atoms with Gasteiger partial charge in [-0.3, -0.25) is 9.78 Å². The predicted molar refractivity (Wildman–Crippen MR) is 71.7 cm³/mol. The Bertz CT molecular complexity index is 758. The van der Waals surface area contributed by atoms with Gasteiger partial charge in [0.25, 0.3) is 5.91 Å². The third-order valence-electron chi connectivity index (χ3n) is 3.22. The fourth-order valence-electron chi connectivity index (χ4n) is 2.33. The first-order valence-electron chi connectivity index (χ1n) is 5.79. The number of aromatic nitrogens is 2. The fraction of sp³-hybridized carbons (Fsp3) is 0.143. The van der Waals surface area contributed by atoms with Crippen LogP contribution in [0.4, 0.5) is 0 Å². The third kappa shape index (κ3) is 1.39. The maximum Gasteiger partial charge on any atom is 0.253 e. The normalized spacial score (nSPS) is 11.0. The number of pyridine rings is 1. The first-order valence-corrected chi connectivity index (χ1v) is 5.79. The molecule has 4 heteroatoms. The summed E-state index contributed by atoms with van der Waals surface area (Å²) in [5.41, 5.74) is 3.71. The number of hydrogen-bond acceptors (Lipinski definition) is 2. The molecule has 0 unspecified atom stereocenters. The molecule has 0 saturated carbocycles. The van der Waals surface area contributed by atoms with Crippen LogP contribution in [0.15, 0.2) is 30.6 Å². The molecule has 0 saturated heterocycles. The van der Waals surface area contributed by atoms with Gasteiger partial charge in [0.1, 0.15) is 0 Å². The zero-order valence-electron chi connectivity index (χ0n) is 10.2. The minimum absolute atomic E-state index is 0.115. The Morgan fingerprint density at radius 3 is 2.94 bits per heavy atom. The molecule has 1 amide bonds. The number of benzene rings is 1. The van der Waals surface area contributed by atoms with Gasteiger partial charge in [0.05, 0.1) is 17.3 Å². The van der Waals surface area contributed by atoms with E-state index in [1.165, 1.54) is 0 Å². The average molecular weight is 239 g/mol. The molecule has 2 N–H and O–H groups in total. The molecule has 0 bridgehead atoms. The molecular weight excluding hydrogens is 226 g/mol. The van der Waals surface area contributed by atoms with E-state index in [1.54, 1.807) is 19.4 Å². The van der Waals surface area contributed by atoms with E-state index in [0.717, 1.165) is 27.4 Å². The second-order valence-corrected chi connectivity index (χ2v) is 4.31. The summed E-state index contributed by atoms with van der Waals surface area (Å²) in [5.74, 6) is -0.115. The van der Waals surface area contributed by atoms with Crippen molar-refractivity contribution in [1.29, 1.82) is 0 Å². The number of H-pyrrole nitrogens is 1. The van der Waals surface area contributed by atoms with Crippen LogP contribution in [0.5, 0.6) is 0 Å². The second-order valence-electron chi connectivity index (χ2n) is 4.31. The number of aromatic amines is 1. The average Bonchev–Trinajstić information content (AvgIpc) is 2.78. The molecule has 0 aliphatic rings. The summed E-state index contributed by atoms with van der Waals surface area (Å²) >= 11 is 0. The molecule has 0 spiro atoms. The highest BCUT2D eigenvalue weighted by Crippen LogP contribution is 2.29. The van der Waals surface area contributed by atoms with Crippen LogP contribution >= 0.6 is 0 Å². The molecule has 0 aliphatic heterocycles. The van der Waals surface area contributed by atoms with Gasteiger partial charge in [0, 0.05) is 29.5 Å². The highest BCUT2D eigenvalue weighted by Gasteiger charge is 2.14. The number of amides is 1. The number of carbonyl (C=O) groups is 1. The zero-order chi connectivity index (χ0) is 12.7. The molecule has 4 nitrogen and oxygen atoms in total. The highest BCUT2D eigenvalue weighted by molar-refractivity contribution is 6.17. The summed E-state index contributed by atoms with van der Waals surface area (Å²) in [6.45, 7) is 2.05. The molecular formula is C14H13N3O. The smallest absolute Gasteiger partial charge is 0.253 e. The van der Waals surface area contributed by atoms with Gasteiger partial charge in [-0.1, -0.05) is 18.2 Å². The molecule has 90 valence electrons. The van der Waals surface area contributed by atoms with Gasteiger partial charge in [-0.15, -0.1) is 0 Å². The van der Waals surface area contributed by atoms with E-state index in [9.17, 15) is 4.79 Å². The van der Waals surface area contributed by atoms with Crippen molar-refractivity contribution in [2.45, 2.75) is 6.92 Å². The predicted octanol–water partition coefficient (Wildman–Crippen LogP) is 2.38. The van der Waals surface area contributed by atoms with Crippen molar-refractivity contribution in [1.82, 2.24) is 15.3 Å². The van der Waals surface area contributed by atoms with E-state index in [4.69, 9.17) is 0 Å². The molecule has 0 atom stereocenters.